The van der Waals surface area contributed by atoms with Gasteiger partial charge >= 0.3 is 0 Å². The van der Waals surface area contributed by atoms with E-state index in [0.717, 1.165) is 81.4 Å². The number of nitrogens with zero attached hydrogens (tertiary/aromatic N) is 2. The maximum atomic E-state index is 13.9. The van der Waals surface area contributed by atoms with Gasteiger partial charge in [-0.05, 0) is 92.8 Å². The van der Waals surface area contributed by atoms with Crippen LogP contribution in [-0.4, -0.2) is 47.3 Å². The quantitative estimate of drug-likeness (QED) is 0.262. The lowest BCUT2D eigenvalue weighted by atomic mass is 9.99. The molecule has 1 aliphatic heterocycles. The molecule has 2 aliphatic rings. The fraction of sp³-hybridized carbons (Fsp3) is 0.600. The second-order valence-corrected chi connectivity index (χ2v) is 12.5. The normalized spacial score (nSPS) is 16.9. The maximum absolute atomic E-state index is 13.9. The topological polar surface area (TPSA) is 52.7 Å². The Kier molecular flexibility index (Phi) is 11.6. The molecule has 40 heavy (non-hydrogen) atoms. The van der Waals surface area contributed by atoms with E-state index < -0.39 is 0 Å². The SMILES string of the molecule is CCCCCc1ccc(C(=O)N(Cc2ccc(NC(=O)C3CCCC3)cc2)C2CCN(CCC(C)C)CC2)cc1. The minimum absolute atomic E-state index is 0.124. The van der Waals surface area contributed by atoms with Crippen molar-refractivity contribution in [2.75, 3.05) is 25.0 Å². The van der Waals surface area contributed by atoms with Crippen LogP contribution in [-0.2, 0) is 17.8 Å². The summed E-state index contributed by atoms with van der Waals surface area (Å²) in [6, 6.07) is 16.7. The second-order valence-electron chi connectivity index (χ2n) is 12.5. The monoisotopic (exact) mass is 545 g/mol. The summed E-state index contributed by atoms with van der Waals surface area (Å²) in [5, 5.41) is 3.10. The maximum Gasteiger partial charge on any atom is 0.254 e. The highest BCUT2D eigenvalue weighted by Gasteiger charge is 2.29. The summed E-state index contributed by atoms with van der Waals surface area (Å²) < 4.78 is 0. The fourth-order valence-electron chi connectivity index (χ4n) is 6.14. The molecule has 2 fully saturated rings. The Morgan fingerprint density at radius 3 is 2.17 bits per heavy atom. The van der Waals surface area contributed by atoms with Gasteiger partial charge in [-0.1, -0.05) is 70.7 Å². The van der Waals surface area contributed by atoms with Gasteiger partial charge in [0, 0.05) is 42.8 Å². The summed E-state index contributed by atoms with van der Waals surface area (Å²) in [6.07, 6.45) is 12.3. The van der Waals surface area contributed by atoms with E-state index in [2.05, 4.69) is 60.2 Å². The predicted molar refractivity (Wildman–Crippen MR) is 165 cm³/mol. The van der Waals surface area contributed by atoms with Crippen molar-refractivity contribution in [2.45, 2.75) is 104 Å². The molecule has 5 heteroatoms. The van der Waals surface area contributed by atoms with E-state index in [0.29, 0.717) is 12.5 Å². The van der Waals surface area contributed by atoms with Gasteiger partial charge in [0.15, 0.2) is 0 Å². The Morgan fingerprint density at radius 1 is 0.900 bits per heavy atom. The molecule has 1 saturated carbocycles. The number of hydrogen-bond acceptors (Lipinski definition) is 3. The molecule has 5 nitrogen and oxygen atoms in total. The van der Waals surface area contributed by atoms with Gasteiger partial charge in [0.25, 0.3) is 5.91 Å². The minimum Gasteiger partial charge on any atom is -0.331 e. The second kappa shape index (κ2) is 15.4. The molecule has 2 aromatic rings. The lowest BCUT2D eigenvalue weighted by Gasteiger charge is -2.39. The number of anilines is 1. The van der Waals surface area contributed by atoms with E-state index in [4.69, 9.17) is 0 Å². The lowest BCUT2D eigenvalue weighted by Crippen LogP contribution is -2.47. The zero-order chi connectivity index (χ0) is 28.3. The van der Waals surface area contributed by atoms with Crippen LogP contribution in [0.5, 0.6) is 0 Å². The number of aryl methyl sites for hydroxylation is 1. The zero-order valence-corrected chi connectivity index (χ0v) is 25.2. The first-order chi connectivity index (χ1) is 19.4. The molecular weight excluding hydrogens is 494 g/mol. The number of carbonyl (C=O) groups is 2. The standard InChI is InChI=1S/C35H51N3O2/c1-4-5-6-9-28-12-16-31(17-13-28)35(40)38(33-21-24-37(25-22-33)23-20-27(2)3)26-29-14-18-32(19-15-29)36-34(39)30-10-7-8-11-30/h12-19,27,30,33H,4-11,20-26H2,1-3H3,(H,36,39). The Bertz CT molecular complexity index is 1050. The van der Waals surface area contributed by atoms with Gasteiger partial charge in [-0.15, -0.1) is 0 Å². The van der Waals surface area contributed by atoms with Crippen LogP contribution in [0, 0.1) is 11.8 Å². The van der Waals surface area contributed by atoms with Crippen molar-refractivity contribution < 1.29 is 9.59 Å². The van der Waals surface area contributed by atoms with Crippen molar-refractivity contribution in [1.29, 1.82) is 0 Å². The number of rotatable bonds is 13. The predicted octanol–water partition coefficient (Wildman–Crippen LogP) is 7.70. The van der Waals surface area contributed by atoms with Crippen LogP contribution in [0.25, 0.3) is 0 Å². The molecule has 0 aromatic heterocycles. The van der Waals surface area contributed by atoms with Gasteiger partial charge < -0.3 is 15.1 Å². The van der Waals surface area contributed by atoms with E-state index in [1.165, 1.54) is 31.2 Å². The van der Waals surface area contributed by atoms with Crippen molar-refractivity contribution in [3.8, 4) is 0 Å². The van der Waals surface area contributed by atoms with Gasteiger partial charge in [-0.2, -0.15) is 0 Å². The Hall–Kier alpha value is -2.66. The van der Waals surface area contributed by atoms with E-state index >= 15 is 0 Å². The summed E-state index contributed by atoms with van der Waals surface area (Å²) >= 11 is 0. The zero-order valence-electron chi connectivity index (χ0n) is 25.2. The number of carbonyl (C=O) groups excluding carboxylic acids is 2. The number of piperidine rings is 1. The molecule has 218 valence electrons. The van der Waals surface area contributed by atoms with Crippen molar-refractivity contribution in [1.82, 2.24) is 9.80 Å². The fourth-order valence-corrected chi connectivity index (χ4v) is 6.14. The molecule has 0 bridgehead atoms. The van der Waals surface area contributed by atoms with Gasteiger partial charge in [-0.3, -0.25) is 9.59 Å². The van der Waals surface area contributed by atoms with Crippen LogP contribution in [0.15, 0.2) is 48.5 Å². The highest BCUT2D eigenvalue weighted by molar-refractivity contribution is 5.94. The van der Waals surface area contributed by atoms with Crippen LogP contribution in [0.4, 0.5) is 5.69 Å². The molecule has 0 radical (unpaired) electrons. The molecule has 2 amide bonds. The average molecular weight is 546 g/mol. The number of hydrogen-bond donors (Lipinski definition) is 1. The molecule has 1 saturated heterocycles. The average Bonchev–Trinajstić information content (AvgIpc) is 3.52. The van der Waals surface area contributed by atoms with E-state index in [1.54, 1.807) is 0 Å². The number of nitrogens with one attached hydrogen (secondary N) is 1. The molecule has 0 unspecified atom stereocenters. The van der Waals surface area contributed by atoms with Crippen LogP contribution in [0.2, 0.25) is 0 Å². The van der Waals surface area contributed by atoms with E-state index in [1.807, 2.05) is 24.3 Å². The summed E-state index contributed by atoms with van der Waals surface area (Å²) in [5.74, 6) is 1.13. The van der Waals surface area contributed by atoms with Gasteiger partial charge in [0.05, 0.1) is 0 Å². The third kappa shape index (κ3) is 8.92. The summed E-state index contributed by atoms with van der Waals surface area (Å²) in [5.41, 5.74) is 4.04. The Balaban J connectivity index is 1.43. The summed E-state index contributed by atoms with van der Waals surface area (Å²) in [6.45, 7) is 10.6. The molecule has 1 N–H and O–H groups in total. The molecule has 4 rings (SSSR count). The first-order valence-corrected chi connectivity index (χ1v) is 15.9. The summed E-state index contributed by atoms with van der Waals surface area (Å²) in [7, 11) is 0. The first-order valence-electron chi connectivity index (χ1n) is 15.9. The molecule has 1 heterocycles. The number of unbranched alkanes of at least 4 members (excludes halogenated alkanes) is 2. The molecular formula is C35H51N3O2. The van der Waals surface area contributed by atoms with Crippen molar-refractivity contribution in [3.63, 3.8) is 0 Å². The van der Waals surface area contributed by atoms with Crippen LogP contribution >= 0.6 is 0 Å². The lowest BCUT2D eigenvalue weighted by molar-refractivity contribution is -0.119. The van der Waals surface area contributed by atoms with Crippen molar-refractivity contribution in [3.05, 3.63) is 65.2 Å². The minimum atomic E-state index is 0.124. The van der Waals surface area contributed by atoms with Gasteiger partial charge in [0.2, 0.25) is 5.91 Å². The number of likely N-dealkylation sites (tertiary alicyclic amines) is 1. The number of benzene rings is 2. The largest absolute Gasteiger partial charge is 0.331 e. The Labute approximate surface area is 242 Å². The molecule has 1 aliphatic carbocycles. The van der Waals surface area contributed by atoms with Crippen LogP contribution < -0.4 is 5.32 Å². The van der Waals surface area contributed by atoms with Crippen LogP contribution in [0.3, 0.4) is 0 Å². The van der Waals surface area contributed by atoms with E-state index in [9.17, 15) is 9.59 Å². The first kappa shape index (κ1) is 30.3. The molecule has 0 atom stereocenters. The van der Waals surface area contributed by atoms with Gasteiger partial charge in [0.1, 0.15) is 0 Å². The summed E-state index contributed by atoms with van der Waals surface area (Å²) in [4.78, 5) is 31.2. The highest BCUT2D eigenvalue weighted by Crippen LogP contribution is 2.27. The molecule has 2 aromatic carbocycles. The Morgan fingerprint density at radius 2 is 1.55 bits per heavy atom. The van der Waals surface area contributed by atoms with Crippen molar-refractivity contribution in [2.24, 2.45) is 11.8 Å². The third-order valence-electron chi connectivity index (χ3n) is 8.85. The van der Waals surface area contributed by atoms with Crippen LogP contribution in [0.1, 0.15) is 106 Å². The smallest absolute Gasteiger partial charge is 0.254 e. The van der Waals surface area contributed by atoms with E-state index in [-0.39, 0.29) is 23.8 Å². The highest BCUT2D eigenvalue weighted by atomic mass is 16.2. The molecule has 0 spiro atoms. The van der Waals surface area contributed by atoms with Crippen molar-refractivity contribution >= 4 is 17.5 Å². The van der Waals surface area contributed by atoms with Gasteiger partial charge in [-0.25, -0.2) is 0 Å². The number of amides is 2. The third-order valence-corrected chi connectivity index (χ3v) is 8.85.